The molecule has 8 heteroatoms. The van der Waals surface area contributed by atoms with Crippen molar-refractivity contribution in [2.45, 2.75) is 19.6 Å². The Labute approximate surface area is 118 Å². The Hall–Kier alpha value is -2.51. The molecule has 2 rings (SSSR count). The van der Waals surface area contributed by atoms with Gasteiger partial charge in [0.2, 0.25) is 5.91 Å². The van der Waals surface area contributed by atoms with Gasteiger partial charge in [-0.1, -0.05) is 6.07 Å². The number of nitrogens with two attached hydrogens (primary N) is 1. The van der Waals surface area contributed by atoms with E-state index >= 15 is 0 Å². The molecule has 0 aliphatic carbocycles. The first kappa shape index (κ1) is 14.9. The zero-order valence-electron chi connectivity index (χ0n) is 11.1. The van der Waals surface area contributed by atoms with Gasteiger partial charge in [0.15, 0.2) is 0 Å². The monoisotopic (exact) mass is 298 g/mol. The average molecular weight is 298 g/mol. The number of aromatic nitrogens is 2. The van der Waals surface area contributed by atoms with Crippen LogP contribution in [-0.2, 0) is 17.5 Å². The molecule has 1 amide bonds. The first-order valence-electron chi connectivity index (χ1n) is 6.01. The number of benzene rings is 1. The van der Waals surface area contributed by atoms with E-state index in [4.69, 9.17) is 5.73 Å². The Balaban J connectivity index is 2.05. The van der Waals surface area contributed by atoms with Crippen LogP contribution in [0.1, 0.15) is 11.1 Å². The normalized spacial score (nSPS) is 11.4. The summed E-state index contributed by atoms with van der Waals surface area (Å²) in [4.78, 5) is 11.8. The molecule has 0 atom stereocenters. The van der Waals surface area contributed by atoms with Crippen molar-refractivity contribution in [3.8, 4) is 0 Å². The van der Waals surface area contributed by atoms with Crippen molar-refractivity contribution in [1.29, 1.82) is 0 Å². The summed E-state index contributed by atoms with van der Waals surface area (Å²) < 4.78 is 38.2. The molecule has 21 heavy (non-hydrogen) atoms. The number of hydrogen-bond acceptors (Lipinski definition) is 3. The molecular weight excluding hydrogens is 285 g/mol. The fourth-order valence-corrected chi connectivity index (χ4v) is 1.71. The zero-order chi connectivity index (χ0) is 15.6. The van der Waals surface area contributed by atoms with Gasteiger partial charge in [-0.25, -0.2) is 0 Å². The third-order valence-corrected chi connectivity index (χ3v) is 2.80. The summed E-state index contributed by atoms with van der Waals surface area (Å²) >= 11 is 0. The van der Waals surface area contributed by atoms with Crippen molar-refractivity contribution in [3.63, 3.8) is 0 Å². The lowest BCUT2D eigenvalue weighted by Crippen LogP contribution is -2.19. The molecule has 0 fully saturated rings. The van der Waals surface area contributed by atoms with Crippen LogP contribution in [0.5, 0.6) is 0 Å². The molecule has 0 bridgehead atoms. The molecule has 0 aliphatic heterocycles. The molecule has 1 heterocycles. The highest BCUT2D eigenvalue weighted by molar-refractivity contribution is 5.91. The average Bonchev–Trinajstić information content (AvgIpc) is 2.82. The van der Waals surface area contributed by atoms with E-state index in [0.29, 0.717) is 17.6 Å². The van der Waals surface area contributed by atoms with Gasteiger partial charge in [0.05, 0.1) is 11.8 Å². The Morgan fingerprint density at radius 3 is 2.76 bits per heavy atom. The minimum atomic E-state index is -4.47. The SMILES string of the molecule is Cc1ccc(N)cc1NC(=O)Cn1cc(C(F)(F)F)cn1. The van der Waals surface area contributed by atoms with Crippen molar-refractivity contribution in [2.24, 2.45) is 0 Å². The van der Waals surface area contributed by atoms with Crippen LogP contribution in [0.4, 0.5) is 24.5 Å². The quantitative estimate of drug-likeness (QED) is 0.855. The molecular formula is C13H13F3N4O. The molecule has 2 aromatic rings. The van der Waals surface area contributed by atoms with E-state index in [1.54, 1.807) is 25.1 Å². The summed E-state index contributed by atoms with van der Waals surface area (Å²) in [7, 11) is 0. The second-order valence-corrected chi connectivity index (χ2v) is 4.55. The number of carbonyl (C=O) groups excluding carboxylic acids is 1. The maximum atomic E-state index is 12.4. The summed E-state index contributed by atoms with van der Waals surface area (Å²) in [5.41, 5.74) is 6.52. The van der Waals surface area contributed by atoms with Gasteiger partial charge in [0.1, 0.15) is 6.54 Å². The number of nitrogens with one attached hydrogen (secondary N) is 1. The highest BCUT2D eigenvalue weighted by Crippen LogP contribution is 2.28. The molecule has 0 spiro atoms. The Morgan fingerprint density at radius 2 is 2.14 bits per heavy atom. The maximum absolute atomic E-state index is 12.4. The van der Waals surface area contributed by atoms with E-state index in [1.165, 1.54) is 0 Å². The molecule has 3 N–H and O–H groups in total. The predicted molar refractivity (Wildman–Crippen MR) is 71.5 cm³/mol. The van der Waals surface area contributed by atoms with Gasteiger partial charge in [0, 0.05) is 17.6 Å². The minimum Gasteiger partial charge on any atom is -0.399 e. The van der Waals surface area contributed by atoms with Gasteiger partial charge >= 0.3 is 6.18 Å². The summed E-state index contributed by atoms with van der Waals surface area (Å²) in [6.45, 7) is 1.47. The Kier molecular flexibility index (Phi) is 3.88. The van der Waals surface area contributed by atoms with Crippen LogP contribution in [0.2, 0.25) is 0 Å². The predicted octanol–water partition coefficient (Wildman–Crippen LogP) is 2.43. The molecule has 1 aromatic carbocycles. The molecule has 112 valence electrons. The standard InChI is InChI=1S/C13H13F3N4O/c1-8-2-3-10(17)4-11(8)19-12(21)7-20-6-9(5-18-20)13(14,15)16/h2-6H,7,17H2,1H3,(H,19,21). The number of amides is 1. The van der Waals surface area contributed by atoms with Crippen LogP contribution in [0.15, 0.2) is 30.6 Å². The van der Waals surface area contributed by atoms with Crippen molar-refractivity contribution < 1.29 is 18.0 Å². The number of halogens is 3. The number of hydrogen-bond donors (Lipinski definition) is 2. The van der Waals surface area contributed by atoms with Gasteiger partial charge < -0.3 is 11.1 Å². The highest BCUT2D eigenvalue weighted by atomic mass is 19.4. The summed E-state index contributed by atoms with van der Waals surface area (Å²) in [5, 5.41) is 6.10. The lowest BCUT2D eigenvalue weighted by molar-refractivity contribution is -0.137. The topological polar surface area (TPSA) is 72.9 Å². The van der Waals surface area contributed by atoms with E-state index in [-0.39, 0.29) is 6.54 Å². The molecule has 0 unspecified atom stereocenters. The molecule has 0 aliphatic rings. The number of alkyl halides is 3. The van der Waals surface area contributed by atoms with Crippen molar-refractivity contribution in [2.75, 3.05) is 11.1 Å². The minimum absolute atomic E-state index is 0.315. The fraction of sp³-hybridized carbons (Fsp3) is 0.231. The Morgan fingerprint density at radius 1 is 1.43 bits per heavy atom. The second-order valence-electron chi connectivity index (χ2n) is 4.55. The van der Waals surface area contributed by atoms with E-state index < -0.39 is 17.6 Å². The third kappa shape index (κ3) is 3.74. The fourth-order valence-electron chi connectivity index (χ4n) is 1.71. The first-order chi connectivity index (χ1) is 9.75. The molecule has 5 nitrogen and oxygen atoms in total. The maximum Gasteiger partial charge on any atom is 0.419 e. The Bertz CT molecular complexity index is 664. The van der Waals surface area contributed by atoms with Gasteiger partial charge in [-0.2, -0.15) is 18.3 Å². The van der Waals surface area contributed by atoms with Crippen LogP contribution < -0.4 is 11.1 Å². The molecule has 0 radical (unpaired) electrons. The lowest BCUT2D eigenvalue weighted by atomic mass is 10.2. The summed E-state index contributed by atoms with van der Waals surface area (Å²) in [6.07, 6.45) is -3.01. The van der Waals surface area contributed by atoms with Gasteiger partial charge in [-0.05, 0) is 24.6 Å². The van der Waals surface area contributed by atoms with Crippen molar-refractivity contribution in [1.82, 2.24) is 9.78 Å². The van der Waals surface area contributed by atoms with Crippen molar-refractivity contribution >= 4 is 17.3 Å². The van der Waals surface area contributed by atoms with Crippen LogP contribution in [0.3, 0.4) is 0 Å². The zero-order valence-corrected chi connectivity index (χ0v) is 11.1. The highest BCUT2D eigenvalue weighted by Gasteiger charge is 2.32. The lowest BCUT2D eigenvalue weighted by Gasteiger charge is -2.09. The summed E-state index contributed by atoms with van der Waals surface area (Å²) in [6, 6.07) is 5.01. The largest absolute Gasteiger partial charge is 0.419 e. The number of anilines is 2. The molecule has 0 saturated carbocycles. The second kappa shape index (κ2) is 5.47. The number of nitrogen functional groups attached to an aromatic ring is 1. The van der Waals surface area contributed by atoms with Crippen LogP contribution in [-0.4, -0.2) is 15.7 Å². The van der Waals surface area contributed by atoms with Gasteiger partial charge in [-0.15, -0.1) is 0 Å². The number of aryl methyl sites for hydroxylation is 1. The van der Waals surface area contributed by atoms with E-state index in [9.17, 15) is 18.0 Å². The van der Waals surface area contributed by atoms with Crippen LogP contribution in [0, 0.1) is 6.92 Å². The number of carbonyl (C=O) groups is 1. The number of nitrogens with zero attached hydrogens (tertiary/aromatic N) is 2. The number of rotatable bonds is 3. The van der Waals surface area contributed by atoms with Crippen LogP contribution in [0.25, 0.3) is 0 Å². The van der Waals surface area contributed by atoms with E-state index in [2.05, 4.69) is 10.4 Å². The molecule has 0 saturated heterocycles. The van der Waals surface area contributed by atoms with Gasteiger partial charge in [-0.3, -0.25) is 9.48 Å². The first-order valence-corrected chi connectivity index (χ1v) is 6.01. The third-order valence-electron chi connectivity index (χ3n) is 2.80. The summed E-state index contributed by atoms with van der Waals surface area (Å²) in [5.74, 6) is -0.486. The van der Waals surface area contributed by atoms with Crippen LogP contribution >= 0.6 is 0 Å². The van der Waals surface area contributed by atoms with E-state index in [0.717, 1.165) is 16.4 Å². The van der Waals surface area contributed by atoms with Gasteiger partial charge in [0.25, 0.3) is 0 Å². The van der Waals surface area contributed by atoms with Crippen molar-refractivity contribution in [3.05, 3.63) is 41.7 Å². The smallest absolute Gasteiger partial charge is 0.399 e. The molecule has 1 aromatic heterocycles. The van der Waals surface area contributed by atoms with E-state index in [1.807, 2.05) is 0 Å².